The third-order valence-electron chi connectivity index (χ3n) is 3.20. The van der Waals surface area contributed by atoms with E-state index >= 15 is 0 Å². The van der Waals surface area contributed by atoms with Gasteiger partial charge in [-0.2, -0.15) is 0 Å². The summed E-state index contributed by atoms with van der Waals surface area (Å²) in [5.41, 5.74) is 2.43. The molecule has 0 aromatic heterocycles. The summed E-state index contributed by atoms with van der Waals surface area (Å²) in [5, 5.41) is 3.56. The number of hydrogen-bond acceptors (Lipinski definition) is 1. The average molecular weight is 257 g/mol. The third-order valence-corrected chi connectivity index (χ3v) is 3.20. The molecule has 1 N–H and O–H groups in total. The van der Waals surface area contributed by atoms with Crippen molar-refractivity contribution in [3.05, 3.63) is 71.5 Å². The Kier molecular flexibility index (Phi) is 5.10. The summed E-state index contributed by atoms with van der Waals surface area (Å²) >= 11 is 0. The number of nitrogens with one attached hydrogen (secondary N) is 1. The Bertz CT molecular complexity index is 478. The second-order valence-electron chi connectivity index (χ2n) is 4.75. The molecule has 1 atom stereocenters. The van der Waals surface area contributed by atoms with Gasteiger partial charge < -0.3 is 5.32 Å². The van der Waals surface area contributed by atoms with Crippen molar-refractivity contribution in [3.8, 4) is 0 Å². The van der Waals surface area contributed by atoms with Crippen molar-refractivity contribution < 1.29 is 4.39 Å². The van der Waals surface area contributed by atoms with E-state index in [2.05, 4.69) is 36.5 Å². The van der Waals surface area contributed by atoms with Crippen LogP contribution in [0.5, 0.6) is 0 Å². The van der Waals surface area contributed by atoms with Crippen LogP contribution in [0.15, 0.2) is 54.6 Å². The molecule has 0 fully saturated rings. The van der Waals surface area contributed by atoms with Crippen LogP contribution < -0.4 is 5.32 Å². The minimum absolute atomic E-state index is 0.179. The highest BCUT2D eigenvalue weighted by molar-refractivity contribution is 5.24. The van der Waals surface area contributed by atoms with E-state index in [1.165, 1.54) is 17.7 Å². The second kappa shape index (κ2) is 7.05. The zero-order valence-electron chi connectivity index (χ0n) is 11.3. The van der Waals surface area contributed by atoms with E-state index in [1.807, 2.05) is 18.2 Å². The van der Waals surface area contributed by atoms with E-state index in [4.69, 9.17) is 0 Å². The zero-order chi connectivity index (χ0) is 13.5. The smallest absolute Gasteiger partial charge is 0.123 e. The first-order chi connectivity index (χ1) is 9.29. The van der Waals surface area contributed by atoms with Crippen molar-refractivity contribution in [1.29, 1.82) is 0 Å². The Morgan fingerprint density at radius 2 is 1.68 bits per heavy atom. The topological polar surface area (TPSA) is 12.0 Å². The van der Waals surface area contributed by atoms with Crippen molar-refractivity contribution in [2.24, 2.45) is 0 Å². The van der Waals surface area contributed by atoms with Crippen LogP contribution in [0.1, 0.15) is 30.5 Å². The predicted octanol–water partition coefficient (Wildman–Crippen LogP) is 4.11. The van der Waals surface area contributed by atoms with E-state index in [-0.39, 0.29) is 11.9 Å². The highest BCUT2D eigenvalue weighted by atomic mass is 19.1. The molecule has 0 spiro atoms. The van der Waals surface area contributed by atoms with Gasteiger partial charge >= 0.3 is 0 Å². The van der Waals surface area contributed by atoms with Gasteiger partial charge in [-0.3, -0.25) is 0 Å². The number of hydrogen-bond donors (Lipinski definition) is 1. The fourth-order valence-corrected chi connectivity index (χ4v) is 2.17. The molecule has 0 aliphatic carbocycles. The molecule has 0 amide bonds. The largest absolute Gasteiger partial charge is 0.310 e. The van der Waals surface area contributed by atoms with Crippen molar-refractivity contribution in [1.82, 2.24) is 5.32 Å². The van der Waals surface area contributed by atoms with Gasteiger partial charge in [0.2, 0.25) is 0 Å². The Morgan fingerprint density at radius 3 is 2.32 bits per heavy atom. The monoisotopic (exact) mass is 257 g/mol. The summed E-state index contributed by atoms with van der Waals surface area (Å²) in [6.07, 6.45) is 1.98. The summed E-state index contributed by atoms with van der Waals surface area (Å²) in [6, 6.07) is 17.5. The molecular weight excluding hydrogens is 237 g/mol. The molecule has 0 saturated heterocycles. The molecule has 19 heavy (non-hydrogen) atoms. The minimum atomic E-state index is -0.179. The first kappa shape index (κ1) is 13.8. The number of halogens is 1. The van der Waals surface area contributed by atoms with E-state index in [0.29, 0.717) is 0 Å². The summed E-state index contributed by atoms with van der Waals surface area (Å²) in [6.45, 7) is 3.15. The summed E-state index contributed by atoms with van der Waals surface area (Å²) in [4.78, 5) is 0. The fourth-order valence-electron chi connectivity index (χ4n) is 2.17. The van der Waals surface area contributed by atoms with Crippen LogP contribution in [0.2, 0.25) is 0 Å². The molecule has 0 saturated carbocycles. The molecule has 0 bridgehead atoms. The maximum atomic E-state index is 12.9. The summed E-state index contributed by atoms with van der Waals surface area (Å²) in [5.74, 6) is -0.179. The maximum absolute atomic E-state index is 12.9. The van der Waals surface area contributed by atoms with E-state index in [9.17, 15) is 4.39 Å². The maximum Gasteiger partial charge on any atom is 0.123 e. The quantitative estimate of drug-likeness (QED) is 0.821. The van der Waals surface area contributed by atoms with Crippen molar-refractivity contribution in [2.45, 2.75) is 25.8 Å². The zero-order valence-corrected chi connectivity index (χ0v) is 11.3. The van der Waals surface area contributed by atoms with Gasteiger partial charge in [-0.25, -0.2) is 4.39 Å². The van der Waals surface area contributed by atoms with Gasteiger partial charge in [-0.05, 0) is 42.6 Å². The van der Waals surface area contributed by atoms with Crippen LogP contribution in [0.25, 0.3) is 0 Å². The molecule has 0 aliphatic heterocycles. The van der Waals surface area contributed by atoms with Crippen LogP contribution in [-0.4, -0.2) is 6.54 Å². The molecule has 0 heterocycles. The highest BCUT2D eigenvalue weighted by Crippen LogP contribution is 2.18. The fraction of sp³-hybridized carbons (Fsp3) is 0.294. The van der Waals surface area contributed by atoms with Crippen LogP contribution in [0.3, 0.4) is 0 Å². The second-order valence-corrected chi connectivity index (χ2v) is 4.75. The molecule has 100 valence electrons. The van der Waals surface area contributed by atoms with Gasteiger partial charge in [0, 0.05) is 6.04 Å². The summed E-state index contributed by atoms with van der Waals surface area (Å²) < 4.78 is 12.9. The Hall–Kier alpha value is -1.67. The summed E-state index contributed by atoms with van der Waals surface area (Å²) in [7, 11) is 0. The van der Waals surface area contributed by atoms with Crippen LogP contribution in [0, 0.1) is 5.82 Å². The van der Waals surface area contributed by atoms with Gasteiger partial charge in [-0.1, -0.05) is 49.4 Å². The Morgan fingerprint density at radius 1 is 1.00 bits per heavy atom. The molecule has 2 rings (SSSR count). The molecule has 2 aromatic carbocycles. The van der Waals surface area contributed by atoms with Crippen LogP contribution in [0.4, 0.5) is 4.39 Å². The standard InChI is InChI=1S/C17H20FN/c1-2-12-19-17(15-6-4-3-5-7-15)13-14-8-10-16(18)11-9-14/h3-11,17,19H,2,12-13H2,1H3. The van der Waals surface area contributed by atoms with Gasteiger partial charge in [-0.15, -0.1) is 0 Å². The van der Waals surface area contributed by atoms with Gasteiger partial charge in [0.1, 0.15) is 5.82 Å². The lowest BCUT2D eigenvalue weighted by molar-refractivity contribution is 0.528. The van der Waals surface area contributed by atoms with E-state index < -0.39 is 0 Å². The highest BCUT2D eigenvalue weighted by Gasteiger charge is 2.10. The molecule has 1 unspecified atom stereocenters. The third kappa shape index (κ3) is 4.18. The van der Waals surface area contributed by atoms with Gasteiger partial charge in [0.15, 0.2) is 0 Å². The molecule has 2 heteroatoms. The van der Waals surface area contributed by atoms with Crippen LogP contribution in [-0.2, 0) is 6.42 Å². The Labute approximate surface area is 114 Å². The first-order valence-electron chi connectivity index (χ1n) is 6.82. The van der Waals surface area contributed by atoms with E-state index in [0.717, 1.165) is 24.9 Å². The molecule has 1 nitrogen and oxygen atoms in total. The van der Waals surface area contributed by atoms with Crippen molar-refractivity contribution >= 4 is 0 Å². The lowest BCUT2D eigenvalue weighted by Gasteiger charge is -2.19. The lowest BCUT2D eigenvalue weighted by Crippen LogP contribution is -2.24. The predicted molar refractivity (Wildman–Crippen MR) is 77.6 cm³/mol. The van der Waals surface area contributed by atoms with Gasteiger partial charge in [0.25, 0.3) is 0 Å². The Balaban J connectivity index is 2.11. The molecule has 2 aromatic rings. The SMILES string of the molecule is CCCNC(Cc1ccc(F)cc1)c1ccccc1. The normalized spacial score (nSPS) is 12.3. The minimum Gasteiger partial charge on any atom is -0.310 e. The van der Waals surface area contributed by atoms with E-state index in [1.54, 1.807) is 0 Å². The van der Waals surface area contributed by atoms with Gasteiger partial charge in [0.05, 0.1) is 0 Å². The van der Waals surface area contributed by atoms with Crippen molar-refractivity contribution in [3.63, 3.8) is 0 Å². The molecular formula is C17H20FN. The molecule has 0 aliphatic rings. The number of benzene rings is 2. The number of rotatable bonds is 6. The van der Waals surface area contributed by atoms with Crippen molar-refractivity contribution in [2.75, 3.05) is 6.54 Å². The lowest BCUT2D eigenvalue weighted by atomic mass is 9.99. The molecule has 0 radical (unpaired) electrons. The van der Waals surface area contributed by atoms with Crippen LogP contribution >= 0.6 is 0 Å². The average Bonchev–Trinajstić information content (AvgIpc) is 2.46. The first-order valence-corrected chi connectivity index (χ1v) is 6.82.